The monoisotopic (exact) mass is 332 g/mol. The van der Waals surface area contributed by atoms with E-state index in [0.717, 1.165) is 17.1 Å². The smallest absolute Gasteiger partial charge is 0.122 e. The number of para-hydroxylation sites is 1. The number of nitrogen functional groups attached to an aromatic ring is 1. The molecule has 0 aliphatic heterocycles. The molecule has 2 aromatic carbocycles. The third-order valence-electron chi connectivity index (χ3n) is 3.55. The molecule has 0 aliphatic carbocycles. The van der Waals surface area contributed by atoms with Crippen LogP contribution >= 0.6 is 0 Å². The average Bonchev–Trinajstić information content (AvgIpc) is 2.58. The van der Waals surface area contributed by atoms with Gasteiger partial charge in [0.2, 0.25) is 0 Å². The number of nitrogens with one attached hydrogen (secondary N) is 3. The van der Waals surface area contributed by atoms with E-state index in [9.17, 15) is 5.11 Å². The fourth-order valence-electron chi connectivity index (χ4n) is 2.38. The minimum atomic E-state index is 0.000194. The average molecular weight is 332 g/mol. The normalized spacial score (nSPS) is 10.4. The number of aliphatic hydroxyl groups is 2. The zero-order valence-corrected chi connectivity index (χ0v) is 13.4. The van der Waals surface area contributed by atoms with Gasteiger partial charge in [0.25, 0.3) is 0 Å². The third-order valence-corrected chi connectivity index (χ3v) is 3.55. The number of aromatic hydroxyl groups is 1. The summed E-state index contributed by atoms with van der Waals surface area (Å²) in [6.07, 6.45) is 0. The van der Waals surface area contributed by atoms with Crippen molar-refractivity contribution in [1.82, 2.24) is 0 Å². The molecule has 0 aliphatic rings. The highest BCUT2D eigenvalue weighted by Crippen LogP contribution is 2.32. The van der Waals surface area contributed by atoms with Crippen molar-refractivity contribution in [3.8, 4) is 5.75 Å². The molecular weight excluding hydrogens is 308 g/mol. The van der Waals surface area contributed by atoms with Crippen molar-refractivity contribution in [3.05, 3.63) is 42.0 Å². The van der Waals surface area contributed by atoms with E-state index in [2.05, 4.69) is 16.0 Å². The van der Waals surface area contributed by atoms with Crippen LogP contribution in [-0.4, -0.2) is 41.6 Å². The standard InChI is InChI=1S/C17H24N4O3/c18-13-3-1-6-16(24)12(13)11-21-15-5-2-4-14(19-7-9-22)17(15)20-8-10-23/h1-6,19-24H,7-11,18H2. The van der Waals surface area contributed by atoms with Gasteiger partial charge in [-0.1, -0.05) is 12.1 Å². The lowest BCUT2D eigenvalue weighted by molar-refractivity contribution is 0.310. The Kier molecular flexibility index (Phi) is 6.53. The third kappa shape index (κ3) is 4.43. The molecule has 0 bridgehead atoms. The number of hydrogen-bond acceptors (Lipinski definition) is 7. The Morgan fingerprint density at radius 2 is 1.46 bits per heavy atom. The molecule has 0 saturated heterocycles. The molecule has 0 spiro atoms. The van der Waals surface area contributed by atoms with Gasteiger partial charge in [0.15, 0.2) is 0 Å². The number of hydrogen-bond donors (Lipinski definition) is 7. The van der Waals surface area contributed by atoms with E-state index in [1.807, 2.05) is 18.2 Å². The molecule has 0 amide bonds. The van der Waals surface area contributed by atoms with E-state index in [4.69, 9.17) is 15.9 Å². The Labute approximate surface area is 141 Å². The SMILES string of the molecule is Nc1cccc(O)c1CNc1cccc(NCCO)c1NCCO. The van der Waals surface area contributed by atoms with Crippen LogP contribution in [0.15, 0.2) is 36.4 Å². The number of phenolic OH excluding ortho intramolecular Hbond substituents is 1. The molecule has 0 fully saturated rings. The van der Waals surface area contributed by atoms with Crippen LogP contribution < -0.4 is 21.7 Å². The number of phenols is 1. The van der Waals surface area contributed by atoms with Gasteiger partial charge in [0, 0.05) is 30.9 Å². The van der Waals surface area contributed by atoms with Crippen LogP contribution in [0.2, 0.25) is 0 Å². The fourth-order valence-corrected chi connectivity index (χ4v) is 2.38. The van der Waals surface area contributed by atoms with E-state index in [1.54, 1.807) is 18.2 Å². The fraction of sp³-hybridized carbons (Fsp3) is 0.294. The molecule has 0 heterocycles. The van der Waals surface area contributed by atoms with Crippen LogP contribution in [0.1, 0.15) is 5.56 Å². The molecular formula is C17H24N4O3. The summed E-state index contributed by atoms with van der Waals surface area (Å²) in [4.78, 5) is 0. The number of aliphatic hydroxyl groups excluding tert-OH is 2. The first-order chi connectivity index (χ1) is 11.7. The quantitative estimate of drug-likeness (QED) is 0.346. The zero-order valence-electron chi connectivity index (χ0n) is 13.4. The zero-order chi connectivity index (χ0) is 17.4. The maximum absolute atomic E-state index is 9.94. The summed E-state index contributed by atoms with van der Waals surface area (Å²) in [6.45, 7) is 1.19. The van der Waals surface area contributed by atoms with Crippen molar-refractivity contribution in [2.75, 3.05) is 48.0 Å². The highest BCUT2D eigenvalue weighted by Gasteiger charge is 2.10. The van der Waals surface area contributed by atoms with E-state index in [0.29, 0.717) is 30.9 Å². The highest BCUT2D eigenvalue weighted by molar-refractivity contribution is 5.82. The summed E-state index contributed by atoms with van der Waals surface area (Å²) < 4.78 is 0. The van der Waals surface area contributed by atoms with Gasteiger partial charge in [-0.05, 0) is 24.3 Å². The first kappa shape index (κ1) is 17.7. The first-order valence-electron chi connectivity index (χ1n) is 7.80. The number of anilines is 4. The Bertz CT molecular complexity index is 644. The maximum atomic E-state index is 9.94. The van der Waals surface area contributed by atoms with E-state index in [1.165, 1.54) is 0 Å². The van der Waals surface area contributed by atoms with Crippen LogP contribution in [0.4, 0.5) is 22.7 Å². The van der Waals surface area contributed by atoms with Crippen molar-refractivity contribution in [2.24, 2.45) is 0 Å². The van der Waals surface area contributed by atoms with Gasteiger partial charge in [-0.25, -0.2) is 0 Å². The van der Waals surface area contributed by atoms with E-state index >= 15 is 0 Å². The largest absolute Gasteiger partial charge is 0.508 e. The summed E-state index contributed by atoms with van der Waals surface area (Å²) in [6, 6.07) is 10.7. The van der Waals surface area contributed by atoms with Crippen LogP contribution in [0.3, 0.4) is 0 Å². The van der Waals surface area contributed by atoms with Gasteiger partial charge < -0.3 is 37.0 Å². The Morgan fingerprint density at radius 3 is 2.12 bits per heavy atom. The predicted octanol–water partition coefficient (Wildman–Crippen LogP) is 1.39. The van der Waals surface area contributed by atoms with E-state index < -0.39 is 0 Å². The molecule has 24 heavy (non-hydrogen) atoms. The van der Waals surface area contributed by atoms with Gasteiger partial charge in [-0.15, -0.1) is 0 Å². The second-order valence-electron chi connectivity index (χ2n) is 5.23. The minimum absolute atomic E-state index is 0.000194. The summed E-state index contributed by atoms with van der Waals surface area (Å²) in [5, 5.41) is 37.5. The van der Waals surface area contributed by atoms with Crippen LogP contribution in [0.5, 0.6) is 5.75 Å². The first-order valence-corrected chi connectivity index (χ1v) is 7.80. The van der Waals surface area contributed by atoms with Crippen LogP contribution in [-0.2, 0) is 6.54 Å². The van der Waals surface area contributed by atoms with Gasteiger partial charge in [-0.2, -0.15) is 0 Å². The molecule has 0 unspecified atom stereocenters. The molecule has 7 nitrogen and oxygen atoms in total. The summed E-state index contributed by atoms with van der Waals surface area (Å²) in [7, 11) is 0. The van der Waals surface area contributed by atoms with Crippen molar-refractivity contribution in [2.45, 2.75) is 6.54 Å². The van der Waals surface area contributed by atoms with Crippen molar-refractivity contribution in [3.63, 3.8) is 0 Å². The number of nitrogens with two attached hydrogens (primary N) is 1. The molecule has 2 aromatic rings. The lowest BCUT2D eigenvalue weighted by Gasteiger charge is -2.19. The lowest BCUT2D eigenvalue weighted by atomic mass is 10.1. The second-order valence-corrected chi connectivity index (χ2v) is 5.23. The maximum Gasteiger partial charge on any atom is 0.122 e. The molecule has 0 saturated carbocycles. The highest BCUT2D eigenvalue weighted by atomic mass is 16.3. The summed E-state index contributed by atoms with van der Waals surface area (Å²) in [5.74, 6) is 0.141. The Morgan fingerprint density at radius 1 is 0.833 bits per heavy atom. The molecule has 7 heteroatoms. The molecule has 0 radical (unpaired) electrons. The van der Waals surface area contributed by atoms with Crippen LogP contribution in [0, 0.1) is 0 Å². The van der Waals surface area contributed by atoms with Crippen LogP contribution in [0.25, 0.3) is 0 Å². The summed E-state index contributed by atoms with van der Waals surface area (Å²) in [5.41, 5.74) is 9.45. The van der Waals surface area contributed by atoms with Crippen molar-refractivity contribution < 1.29 is 15.3 Å². The van der Waals surface area contributed by atoms with Gasteiger partial charge in [-0.3, -0.25) is 0 Å². The predicted molar refractivity (Wildman–Crippen MR) is 97.4 cm³/mol. The van der Waals surface area contributed by atoms with Gasteiger partial charge in [0.05, 0.1) is 30.3 Å². The second kappa shape index (κ2) is 8.85. The van der Waals surface area contributed by atoms with Gasteiger partial charge in [0.1, 0.15) is 5.75 Å². The van der Waals surface area contributed by atoms with E-state index in [-0.39, 0.29) is 19.0 Å². The molecule has 0 aromatic heterocycles. The topological polar surface area (TPSA) is 123 Å². The Hall–Kier alpha value is -2.64. The molecule has 2 rings (SSSR count). The molecule has 130 valence electrons. The molecule has 0 atom stereocenters. The Balaban J connectivity index is 2.21. The summed E-state index contributed by atoms with van der Waals surface area (Å²) >= 11 is 0. The molecule has 8 N–H and O–H groups in total. The number of rotatable bonds is 9. The van der Waals surface area contributed by atoms with Crippen molar-refractivity contribution >= 4 is 22.7 Å². The van der Waals surface area contributed by atoms with Gasteiger partial charge >= 0.3 is 0 Å². The minimum Gasteiger partial charge on any atom is -0.508 e. The lowest BCUT2D eigenvalue weighted by Crippen LogP contribution is -2.13. The number of benzene rings is 2. The van der Waals surface area contributed by atoms with Crippen molar-refractivity contribution in [1.29, 1.82) is 0 Å².